The van der Waals surface area contributed by atoms with Crippen molar-refractivity contribution in [3.63, 3.8) is 0 Å². The molecule has 0 bridgehead atoms. The quantitative estimate of drug-likeness (QED) is 0.224. The molecule has 0 aromatic carbocycles. The highest BCUT2D eigenvalue weighted by atomic mass is 32.1. The Hall–Kier alpha value is -0.440. The van der Waals surface area contributed by atoms with Gasteiger partial charge in [0.1, 0.15) is 0 Å². The van der Waals surface area contributed by atoms with E-state index in [2.05, 4.69) is 17.3 Å². The van der Waals surface area contributed by atoms with Gasteiger partial charge in [-0.2, -0.15) is 5.10 Å². The third-order valence-corrected chi connectivity index (χ3v) is 0.715. The molecule has 0 unspecified atom stereocenters. The van der Waals surface area contributed by atoms with E-state index < -0.39 is 0 Å². The summed E-state index contributed by atoms with van der Waals surface area (Å²) in [5.41, 5.74) is 0.685. The molecule has 2 nitrogen and oxygen atoms in total. The van der Waals surface area contributed by atoms with Gasteiger partial charge >= 0.3 is 0 Å². The Labute approximate surface area is 42.0 Å². The van der Waals surface area contributed by atoms with Crippen molar-refractivity contribution < 1.29 is 0 Å². The molecule has 0 aromatic rings. The first-order chi connectivity index (χ1) is 2.81. The summed E-state index contributed by atoms with van der Waals surface area (Å²) in [7, 11) is 0. The number of hydrogen-bond acceptors (Lipinski definition) is 3. The lowest BCUT2D eigenvalue weighted by molar-refractivity contribution is 1.25. The van der Waals surface area contributed by atoms with Crippen molar-refractivity contribution in [2.45, 2.75) is 6.92 Å². The maximum Gasteiger partial charge on any atom is 0.0676 e. The molecule has 0 rings (SSSR count). The molecule has 0 fully saturated rings. The highest BCUT2D eigenvalue weighted by Crippen LogP contribution is 1.61. The van der Waals surface area contributed by atoms with Crippen LogP contribution in [-0.2, 0) is 0 Å². The number of rotatable bonds is 1. The molecule has 0 saturated carbocycles. The van der Waals surface area contributed by atoms with Crippen molar-refractivity contribution in [2.24, 2.45) is 10.9 Å². The Morgan fingerprint density at radius 2 is 2.50 bits per heavy atom. The Morgan fingerprint density at radius 1 is 2.00 bits per heavy atom. The van der Waals surface area contributed by atoms with Crippen LogP contribution in [0.3, 0.4) is 0 Å². The maximum atomic E-state index is 4.77. The van der Waals surface area contributed by atoms with E-state index in [1.165, 1.54) is 5.37 Å². The van der Waals surface area contributed by atoms with Gasteiger partial charge in [0, 0.05) is 5.37 Å². The Kier molecular flexibility index (Phi) is 2.58. The van der Waals surface area contributed by atoms with E-state index in [0.717, 1.165) is 0 Å². The van der Waals surface area contributed by atoms with Crippen LogP contribution >= 0.6 is 12.2 Å². The van der Waals surface area contributed by atoms with Crippen molar-refractivity contribution in [2.75, 3.05) is 0 Å². The maximum absolute atomic E-state index is 4.77. The molecule has 6 heavy (non-hydrogen) atoms. The van der Waals surface area contributed by atoms with Crippen LogP contribution in [0.15, 0.2) is 5.10 Å². The van der Waals surface area contributed by atoms with Gasteiger partial charge in [-0.05, 0) is 6.92 Å². The standard InChI is InChI=1S/C3H6N2S/c1-3(2-6)5-4/h2H,4H2,1H3/b5-3-. The predicted octanol–water partition coefficient (Wildman–Crippen LogP) is 0.321. The molecular formula is C3H6N2S. The SMILES string of the molecule is C/C(C=S)=N/N. The normalized spacial score (nSPS) is 11.2. The van der Waals surface area contributed by atoms with E-state index >= 15 is 0 Å². The highest BCUT2D eigenvalue weighted by Gasteiger charge is 1.71. The molecule has 0 aliphatic carbocycles. The molecular weight excluding hydrogens is 96.1 g/mol. The third-order valence-electron chi connectivity index (χ3n) is 0.374. The minimum atomic E-state index is 0.685. The first-order valence-corrected chi connectivity index (χ1v) is 1.98. The zero-order valence-electron chi connectivity index (χ0n) is 3.51. The molecule has 0 aliphatic rings. The minimum Gasteiger partial charge on any atom is -0.323 e. The first kappa shape index (κ1) is 5.56. The van der Waals surface area contributed by atoms with Crippen LogP contribution in [0.1, 0.15) is 6.92 Å². The number of hydrogen-bond donors (Lipinski definition) is 1. The number of hydrazone groups is 1. The fourth-order valence-corrected chi connectivity index (χ4v) is 0.0913. The van der Waals surface area contributed by atoms with Gasteiger partial charge in [0.25, 0.3) is 0 Å². The van der Waals surface area contributed by atoms with Gasteiger partial charge in [-0.3, -0.25) is 0 Å². The van der Waals surface area contributed by atoms with Gasteiger partial charge in [-0.15, -0.1) is 0 Å². The van der Waals surface area contributed by atoms with Crippen LogP contribution in [0, 0.1) is 0 Å². The van der Waals surface area contributed by atoms with Crippen LogP contribution in [0.5, 0.6) is 0 Å². The highest BCUT2D eigenvalue weighted by molar-refractivity contribution is 7.80. The average Bonchev–Trinajstić information content (AvgIpc) is 1.65. The number of nitrogens with zero attached hydrogens (tertiary/aromatic N) is 1. The van der Waals surface area contributed by atoms with E-state index in [-0.39, 0.29) is 0 Å². The van der Waals surface area contributed by atoms with E-state index in [0.29, 0.717) is 5.71 Å². The summed E-state index contributed by atoms with van der Waals surface area (Å²) >= 11 is 4.44. The zero-order chi connectivity index (χ0) is 4.99. The molecule has 0 radical (unpaired) electrons. The van der Waals surface area contributed by atoms with Crippen molar-refractivity contribution >= 4 is 23.3 Å². The lowest BCUT2D eigenvalue weighted by atomic mass is 10.5. The molecule has 3 heteroatoms. The second-order valence-electron chi connectivity index (χ2n) is 0.888. The van der Waals surface area contributed by atoms with Crippen LogP contribution < -0.4 is 5.84 Å². The Balaban J connectivity index is 3.50. The Morgan fingerprint density at radius 3 is 2.50 bits per heavy atom. The van der Waals surface area contributed by atoms with E-state index in [9.17, 15) is 0 Å². The van der Waals surface area contributed by atoms with Crippen molar-refractivity contribution in [3.05, 3.63) is 0 Å². The molecule has 0 aliphatic heterocycles. The molecule has 0 amide bonds. The van der Waals surface area contributed by atoms with Crippen LogP contribution in [0.25, 0.3) is 0 Å². The van der Waals surface area contributed by atoms with E-state index in [4.69, 9.17) is 5.84 Å². The minimum absolute atomic E-state index is 0.685. The second-order valence-corrected chi connectivity index (χ2v) is 1.12. The summed E-state index contributed by atoms with van der Waals surface area (Å²) in [6.07, 6.45) is 0. The molecule has 34 valence electrons. The average molecular weight is 102 g/mol. The van der Waals surface area contributed by atoms with Gasteiger partial charge in [-0.25, -0.2) is 0 Å². The summed E-state index contributed by atoms with van der Waals surface area (Å²) in [5, 5.41) is 4.69. The molecule has 2 N–H and O–H groups in total. The molecule has 0 aromatic heterocycles. The third kappa shape index (κ3) is 1.84. The van der Waals surface area contributed by atoms with Gasteiger partial charge in [-0.1, -0.05) is 12.2 Å². The number of thiocarbonyl (C=S) groups is 1. The van der Waals surface area contributed by atoms with E-state index in [1.807, 2.05) is 0 Å². The van der Waals surface area contributed by atoms with Gasteiger partial charge in [0.15, 0.2) is 0 Å². The summed E-state index contributed by atoms with van der Waals surface area (Å²) in [4.78, 5) is 0. The second kappa shape index (κ2) is 2.78. The fraction of sp³-hybridized carbons (Fsp3) is 0.333. The van der Waals surface area contributed by atoms with Crippen LogP contribution in [-0.4, -0.2) is 11.1 Å². The smallest absolute Gasteiger partial charge is 0.0676 e. The summed E-state index contributed by atoms with van der Waals surface area (Å²) in [5.74, 6) is 4.77. The van der Waals surface area contributed by atoms with Crippen molar-refractivity contribution in [1.29, 1.82) is 0 Å². The summed E-state index contributed by atoms with van der Waals surface area (Å²) in [6, 6.07) is 0. The predicted molar refractivity (Wildman–Crippen MR) is 31.0 cm³/mol. The van der Waals surface area contributed by atoms with Crippen molar-refractivity contribution in [3.8, 4) is 0 Å². The molecule has 0 saturated heterocycles. The molecule has 0 spiro atoms. The summed E-state index contributed by atoms with van der Waals surface area (Å²) < 4.78 is 0. The van der Waals surface area contributed by atoms with Gasteiger partial charge < -0.3 is 5.84 Å². The largest absolute Gasteiger partial charge is 0.323 e. The molecule has 0 heterocycles. The zero-order valence-corrected chi connectivity index (χ0v) is 4.33. The first-order valence-electron chi connectivity index (χ1n) is 1.51. The van der Waals surface area contributed by atoms with Crippen LogP contribution in [0.2, 0.25) is 0 Å². The van der Waals surface area contributed by atoms with Gasteiger partial charge in [0.2, 0.25) is 0 Å². The van der Waals surface area contributed by atoms with E-state index in [1.54, 1.807) is 6.92 Å². The molecule has 0 atom stereocenters. The lowest BCUT2D eigenvalue weighted by Crippen LogP contribution is -1.93. The van der Waals surface area contributed by atoms with Crippen LogP contribution in [0.4, 0.5) is 0 Å². The Bertz CT molecular complexity index is 76.9. The topological polar surface area (TPSA) is 38.4 Å². The van der Waals surface area contributed by atoms with Gasteiger partial charge in [0.05, 0.1) is 5.71 Å². The summed E-state index contributed by atoms with van der Waals surface area (Å²) in [6.45, 7) is 1.74. The monoisotopic (exact) mass is 102 g/mol. The fourth-order valence-electron chi connectivity index (χ4n) is 0.0304. The van der Waals surface area contributed by atoms with Crippen molar-refractivity contribution in [1.82, 2.24) is 0 Å². The number of nitrogens with two attached hydrogens (primary N) is 1. The lowest BCUT2D eigenvalue weighted by Gasteiger charge is -1.76.